The van der Waals surface area contributed by atoms with E-state index in [1.807, 2.05) is 18.2 Å². The van der Waals surface area contributed by atoms with E-state index < -0.39 is 6.29 Å². The van der Waals surface area contributed by atoms with Gasteiger partial charge in [-0.05, 0) is 24.1 Å². The Morgan fingerprint density at radius 3 is 2.92 bits per heavy atom. The van der Waals surface area contributed by atoms with E-state index in [0.29, 0.717) is 23.8 Å². The van der Waals surface area contributed by atoms with Gasteiger partial charge in [-0.15, -0.1) is 0 Å². The van der Waals surface area contributed by atoms with E-state index in [2.05, 4.69) is 25.0 Å². The van der Waals surface area contributed by atoms with Crippen LogP contribution in [0.4, 0.5) is 0 Å². The van der Waals surface area contributed by atoms with Gasteiger partial charge in [0.15, 0.2) is 6.29 Å². The number of ether oxygens (including phenoxy) is 2. The summed E-state index contributed by atoms with van der Waals surface area (Å²) in [4.78, 5) is 0. The zero-order valence-corrected chi connectivity index (χ0v) is 16.7. The zero-order valence-electron chi connectivity index (χ0n) is 13.7. The molecule has 1 N–H and O–H groups in total. The number of aliphatic hydroxyl groups is 1. The Bertz CT molecular complexity index is 602. The van der Waals surface area contributed by atoms with Crippen LogP contribution in [0.1, 0.15) is 12.8 Å². The van der Waals surface area contributed by atoms with Gasteiger partial charge < -0.3 is 23.6 Å². The van der Waals surface area contributed by atoms with Crippen molar-refractivity contribution in [1.29, 1.82) is 0 Å². The molecule has 2 aliphatic rings. The normalized spacial score (nSPS) is 32.9. The number of rotatable bonds is 7. The summed E-state index contributed by atoms with van der Waals surface area (Å²) in [5.74, 6) is 1.14. The van der Waals surface area contributed by atoms with Crippen LogP contribution >= 0.6 is 30.5 Å². The van der Waals surface area contributed by atoms with E-state index in [4.69, 9.17) is 30.1 Å². The third-order valence-electron chi connectivity index (χ3n) is 4.78. The van der Waals surface area contributed by atoms with Crippen molar-refractivity contribution in [2.45, 2.75) is 37.4 Å². The predicted molar refractivity (Wildman–Crippen MR) is 102 cm³/mol. The van der Waals surface area contributed by atoms with Crippen LogP contribution in [0, 0.1) is 11.8 Å². The van der Waals surface area contributed by atoms with Gasteiger partial charge >= 0.3 is 0 Å². The molecule has 1 aliphatic heterocycles. The van der Waals surface area contributed by atoms with Crippen LogP contribution in [0.5, 0.6) is 5.75 Å². The summed E-state index contributed by atoms with van der Waals surface area (Å²) in [6, 6.07) is 7.26. The molecule has 0 amide bonds. The molecule has 1 aromatic carbocycles. The van der Waals surface area contributed by atoms with Crippen LogP contribution in [0.3, 0.4) is 0 Å². The molecule has 8 heteroatoms. The Kier molecular flexibility index (Phi) is 7.10. The molecule has 5 nitrogen and oxygen atoms in total. The van der Waals surface area contributed by atoms with Gasteiger partial charge in [-0.25, -0.2) is 0 Å². The fraction of sp³-hybridized carbons (Fsp3) is 0.529. The largest absolute Gasteiger partial charge is 0.490 e. The predicted octanol–water partition coefficient (Wildman–Crippen LogP) is 3.37. The molecular formula is C17H23ClO5P2. The number of fused-ring (bicyclic) bond motifs is 1. The molecule has 1 saturated heterocycles. The number of benzene rings is 1. The van der Waals surface area contributed by atoms with E-state index in [1.165, 1.54) is 0 Å². The molecule has 0 aromatic heterocycles. The van der Waals surface area contributed by atoms with Gasteiger partial charge in [0.1, 0.15) is 18.5 Å². The molecule has 0 spiro atoms. The van der Waals surface area contributed by atoms with Crippen LogP contribution in [0.15, 0.2) is 36.4 Å². The highest BCUT2D eigenvalue weighted by Crippen LogP contribution is 2.45. The maximum Gasteiger partial charge on any atom is 0.155 e. The highest BCUT2D eigenvalue weighted by Gasteiger charge is 2.48. The summed E-state index contributed by atoms with van der Waals surface area (Å²) in [6.07, 6.45) is 4.71. The first kappa shape index (κ1) is 19.5. The van der Waals surface area contributed by atoms with Crippen molar-refractivity contribution in [2.24, 2.45) is 11.8 Å². The van der Waals surface area contributed by atoms with Gasteiger partial charge in [0.2, 0.25) is 0 Å². The molecule has 1 saturated carbocycles. The van der Waals surface area contributed by atoms with Crippen molar-refractivity contribution in [3.63, 3.8) is 0 Å². The Balaban J connectivity index is 1.60. The Morgan fingerprint density at radius 2 is 2.20 bits per heavy atom. The molecule has 8 atom stereocenters. The van der Waals surface area contributed by atoms with E-state index in [-0.39, 0.29) is 30.1 Å². The molecule has 0 radical (unpaired) electrons. The topological polar surface area (TPSA) is 57.2 Å². The van der Waals surface area contributed by atoms with E-state index >= 15 is 0 Å². The Hall–Kier alpha value is -0.250. The molecule has 25 heavy (non-hydrogen) atoms. The van der Waals surface area contributed by atoms with Crippen molar-refractivity contribution < 1.29 is 23.6 Å². The van der Waals surface area contributed by atoms with Crippen LogP contribution in [0.2, 0.25) is 5.02 Å². The average Bonchev–Trinajstić information content (AvgIpc) is 3.11. The number of hydrogen-bond donors (Lipinski definition) is 1. The molecule has 6 unspecified atom stereocenters. The first-order valence-electron chi connectivity index (χ1n) is 8.22. The monoisotopic (exact) mass is 404 g/mol. The number of halogens is 1. The average molecular weight is 405 g/mol. The summed E-state index contributed by atoms with van der Waals surface area (Å²) < 4.78 is 22.2. The smallest absolute Gasteiger partial charge is 0.155 e. The van der Waals surface area contributed by atoms with Crippen LogP contribution < -0.4 is 4.74 Å². The van der Waals surface area contributed by atoms with Crippen molar-refractivity contribution in [2.75, 3.05) is 6.61 Å². The number of hydrogen-bond acceptors (Lipinski definition) is 5. The quantitative estimate of drug-likeness (QED) is 0.558. The maximum absolute atomic E-state index is 9.72. The van der Waals surface area contributed by atoms with Gasteiger partial charge in [0.05, 0.1) is 12.2 Å². The SMILES string of the molecule is OC1C[C@H]2C(CC(OP)[C@@H]2/C=C/C(COc2cccc(Cl)c2)OP)O1. The highest BCUT2D eigenvalue weighted by molar-refractivity contribution is 7.10. The molecule has 1 aromatic rings. The lowest BCUT2D eigenvalue weighted by molar-refractivity contribution is -0.0938. The van der Waals surface area contributed by atoms with Gasteiger partial charge in [0, 0.05) is 42.7 Å². The second kappa shape index (κ2) is 9.10. The summed E-state index contributed by atoms with van der Waals surface area (Å²) in [5.41, 5.74) is 0. The van der Waals surface area contributed by atoms with E-state index in [1.54, 1.807) is 12.1 Å². The Labute approximate surface area is 157 Å². The van der Waals surface area contributed by atoms with Crippen molar-refractivity contribution in [3.8, 4) is 5.75 Å². The summed E-state index contributed by atoms with van der Waals surface area (Å²) in [7, 11) is 4.61. The summed E-state index contributed by atoms with van der Waals surface area (Å²) >= 11 is 5.96. The first-order valence-corrected chi connectivity index (χ1v) is 9.54. The van der Waals surface area contributed by atoms with Gasteiger partial charge in [-0.2, -0.15) is 0 Å². The van der Waals surface area contributed by atoms with Crippen molar-refractivity contribution in [1.82, 2.24) is 0 Å². The molecule has 1 heterocycles. The second-order valence-corrected chi connectivity index (χ2v) is 7.32. The first-order chi connectivity index (χ1) is 12.1. The fourth-order valence-electron chi connectivity index (χ4n) is 3.58. The second-order valence-electron chi connectivity index (χ2n) is 6.34. The van der Waals surface area contributed by atoms with Crippen LogP contribution in [0.25, 0.3) is 0 Å². The summed E-state index contributed by atoms with van der Waals surface area (Å²) in [5, 5.41) is 10.3. The van der Waals surface area contributed by atoms with E-state index in [9.17, 15) is 5.11 Å². The van der Waals surface area contributed by atoms with Crippen LogP contribution in [-0.2, 0) is 13.8 Å². The molecular weight excluding hydrogens is 382 g/mol. The number of aliphatic hydroxyl groups excluding tert-OH is 1. The van der Waals surface area contributed by atoms with Crippen molar-refractivity contribution in [3.05, 3.63) is 41.4 Å². The molecule has 3 rings (SSSR count). The summed E-state index contributed by atoms with van der Waals surface area (Å²) in [6.45, 7) is 0.368. The minimum atomic E-state index is -0.670. The highest BCUT2D eigenvalue weighted by atomic mass is 35.5. The lowest BCUT2D eigenvalue weighted by Crippen LogP contribution is -2.21. The van der Waals surface area contributed by atoms with Crippen LogP contribution in [-0.4, -0.2) is 36.3 Å². The van der Waals surface area contributed by atoms with Gasteiger partial charge in [0.25, 0.3) is 0 Å². The Morgan fingerprint density at radius 1 is 1.36 bits per heavy atom. The minimum Gasteiger partial charge on any atom is -0.490 e. The molecule has 2 fully saturated rings. The maximum atomic E-state index is 9.72. The third kappa shape index (κ3) is 4.93. The lowest BCUT2D eigenvalue weighted by atomic mass is 9.91. The molecule has 1 aliphatic carbocycles. The molecule has 138 valence electrons. The zero-order chi connectivity index (χ0) is 17.8. The minimum absolute atomic E-state index is 0.0493. The standard InChI is InChI=1S/C17H23ClO5P2/c18-10-2-1-3-11(6-10)20-9-12(22-24)4-5-13-14-7-17(19)21-15(14)8-16(13)23-25/h1-6,12-17,19H,7-9,24-25H2/b5-4+/t12?,13-,14-,15?,16?,17?/m1/s1. The lowest BCUT2D eigenvalue weighted by Gasteiger charge is -2.20. The van der Waals surface area contributed by atoms with E-state index in [0.717, 1.165) is 6.42 Å². The third-order valence-corrected chi connectivity index (χ3v) is 5.71. The van der Waals surface area contributed by atoms with Gasteiger partial charge in [-0.3, -0.25) is 0 Å². The molecule has 0 bridgehead atoms. The van der Waals surface area contributed by atoms with Crippen molar-refractivity contribution >= 4 is 30.5 Å². The van der Waals surface area contributed by atoms with Gasteiger partial charge in [-0.1, -0.05) is 29.8 Å². The fourth-order valence-corrected chi connectivity index (χ4v) is 4.22.